The van der Waals surface area contributed by atoms with E-state index in [1.807, 2.05) is 4.90 Å². The average Bonchev–Trinajstić information content (AvgIpc) is 2.82. The van der Waals surface area contributed by atoms with Crippen molar-refractivity contribution in [2.75, 3.05) is 13.1 Å². The lowest BCUT2D eigenvalue weighted by atomic mass is 9.91. The van der Waals surface area contributed by atoms with Crippen LogP contribution in [0.3, 0.4) is 0 Å². The quantitative estimate of drug-likeness (QED) is 0.745. The molecule has 0 bridgehead atoms. The average molecular weight is 406 g/mol. The van der Waals surface area contributed by atoms with Crippen molar-refractivity contribution in [1.82, 2.24) is 14.5 Å². The number of fused-ring (bicyclic) bond motifs is 1. The summed E-state index contributed by atoms with van der Waals surface area (Å²) in [5.41, 5.74) is 2.49. The highest BCUT2D eigenvalue weighted by Gasteiger charge is 2.24. The van der Waals surface area contributed by atoms with Gasteiger partial charge in [0.15, 0.2) is 0 Å². The van der Waals surface area contributed by atoms with Crippen molar-refractivity contribution in [3.05, 3.63) is 28.5 Å². The summed E-state index contributed by atoms with van der Waals surface area (Å²) in [5, 5.41) is 0. The van der Waals surface area contributed by atoms with E-state index in [2.05, 4.69) is 59.5 Å². The largest absolute Gasteiger partial charge is 0.343 e. The van der Waals surface area contributed by atoms with E-state index in [1.165, 1.54) is 11.3 Å². The number of halogens is 1. The maximum Gasteiger partial charge on any atom is 0.219 e. The second-order valence-electron chi connectivity index (χ2n) is 8.46. The zero-order valence-corrected chi connectivity index (χ0v) is 17.3. The molecule has 25 heavy (non-hydrogen) atoms. The summed E-state index contributed by atoms with van der Waals surface area (Å²) in [6.07, 6.45) is 3.11. The first kappa shape index (κ1) is 18.4. The number of likely N-dealkylation sites (tertiary alicyclic amines) is 1. The number of carbonyl (C=O) groups excluding carboxylic acids is 1. The fourth-order valence-electron chi connectivity index (χ4n) is 3.65. The Hall–Kier alpha value is -1.36. The summed E-state index contributed by atoms with van der Waals surface area (Å²) < 4.78 is 3.49. The van der Waals surface area contributed by atoms with E-state index in [1.54, 1.807) is 6.92 Å². The summed E-state index contributed by atoms with van der Waals surface area (Å²) >= 11 is 3.56. The maximum atomic E-state index is 11.5. The molecule has 5 heteroatoms. The molecule has 1 amide bonds. The summed E-state index contributed by atoms with van der Waals surface area (Å²) in [4.78, 5) is 18.5. The minimum atomic E-state index is 0.199. The van der Waals surface area contributed by atoms with E-state index in [4.69, 9.17) is 4.98 Å². The van der Waals surface area contributed by atoms with Crippen molar-refractivity contribution in [2.45, 2.75) is 53.5 Å². The summed E-state index contributed by atoms with van der Waals surface area (Å²) in [6, 6.07) is 6.37. The molecule has 0 atom stereocenters. The molecule has 1 fully saturated rings. The van der Waals surface area contributed by atoms with Crippen molar-refractivity contribution in [1.29, 1.82) is 0 Å². The van der Waals surface area contributed by atoms with Gasteiger partial charge in [0.25, 0.3) is 0 Å². The lowest BCUT2D eigenvalue weighted by Gasteiger charge is -2.32. The highest BCUT2D eigenvalue weighted by Crippen LogP contribution is 2.28. The highest BCUT2D eigenvalue weighted by atomic mass is 79.9. The Morgan fingerprint density at radius 1 is 1.28 bits per heavy atom. The van der Waals surface area contributed by atoms with Gasteiger partial charge in [-0.3, -0.25) is 4.79 Å². The Labute approximate surface area is 158 Å². The maximum absolute atomic E-state index is 11.5. The van der Waals surface area contributed by atoms with E-state index in [0.717, 1.165) is 48.9 Å². The number of carbonyl (C=O) groups is 1. The third-order valence-electron chi connectivity index (χ3n) is 4.98. The van der Waals surface area contributed by atoms with Crippen molar-refractivity contribution >= 4 is 32.9 Å². The number of hydrogen-bond donors (Lipinski definition) is 0. The molecule has 1 aromatic carbocycles. The molecule has 0 saturated carbocycles. The Morgan fingerprint density at radius 3 is 2.56 bits per heavy atom. The second-order valence-corrected chi connectivity index (χ2v) is 9.37. The summed E-state index contributed by atoms with van der Waals surface area (Å²) in [7, 11) is 0. The molecule has 1 aliphatic heterocycles. The monoisotopic (exact) mass is 405 g/mol. The second kappa shape index (κ2) is 7.10. The van der Waals surface area contributed by atoms with Gasteiger partial charge in [0.1, 0.15) is 5.82 Å². The van der Waals surface area contributed by atoms with Crippen LogP contribution in [0.5, 0.6) is 0 Å². The van der Waals surface area contributed by atoms with Gasteiger partial charge in [-0.2, -0.15) is 0 Å². The SMILES string of the molecule is CC(=O)N1CCC(Cn2c(CC(C)(C)C)nc3cc(Br)ccc32)CC1. The molecule has 0 spiro atoms. The van der Waals surface area contributed by atoms with Crippen molar-refractivity contribution < 1.29 is 4.79 Å². The molecule has 0 aliphatic carbocycles. The molecule has 2 aromatic rings. The van der Waals surface area contributed by atoms with Crippen LogP contribution in [-0.4, -0.2) is 33.4 Å². The molecule has 0 unspecified atom stereocenters. The molecular weight excluding hydrogens is 378 g/mol. The molecule has 2 heterocycles. The van der Waals surface area contributed by atoms with Crippen LogP contribution >= 0.6 is 15.9 Å². The van der Waals surface area contributed by atoms with Crippen LogP contribution in [0.15, 0.2) is 22.7 Å². The van der Waals surface area contributed by atoms with Crippen LogP contribution in [0.2, 0.25) is 0 Å². The Balaban J connectivity index is 1.86. The van der Waals surface area contributed by atoms with E-state index in [0.29, 0.717) is 5.92 Å². The minimum Gasteiger partial charge on any atom is -0.343 e. The Kier molecular flexibility index (Phi) is 5.24. The molecular formula is C20H28BrN3O. The smallest absolute Gasteiger partial charge is 0.219 e. The van der Waals surface area contributed by atoms with Crippen molar-refractivity contribution in [3.8, 4) is 0 Å². The van der Waals surface area contributed by atoms with Crippen LogP contribution < -0.4 is 0 Å². The molecule has 1 aliphatic rings. The number of rotatable bonds is 3. The fourth-order valence-corrected chi connectivity index (χ4v) is 4.00. The number of benzene rings is 1. The number of hydrogen-bond acceptors (Lipinski definition) is 2. The van der Waals surface area contributed by atoms with Crippen LogP contribution in [0, 0.1) is 11.3 Å². The zero-order chi connectivity index (χ0) is 18.2. The van der Waals surface area contributed by atoms with Gasteiger partial charge in [0, 0.05) is 37.5 Å². The zero-order valence-electron chi connectivity index (χ0n) is 15.7. The number of aromatic nitrogens is 2. The number of piperidine rings is 1. The van der Waals surface area contributed by atoms with Gasteiger partial charge in [-0.1, -0.05) is 36.7 Å². The predicted octanol–water partition coefficient (Wildman–Crippen LogP) is 4.65. The van der Waals surface area contributed by atoms with Gasteiger partial charge in [-0.15, -0.1) is 0 Å². The molecule has 0 N–H and O–H groups in total. The van der Waals surface area contributed by atoms with Crippen LogP contribution in [0.1, 0.15) is 46.4 Å². The highest BCUT2D eigenvalue weighted by molar-refractivity contribution is 9.10. The van der Waals surface area contributed by atoms with Gasteiger partial charge in [-0.05, 0) is 42.4 Å². The number of amides is 1. The first-order valence-electron chi connectivity index (χ1n) is 9.13. The first-order chi connectivity index (χ1) is 11.7. The molecule has 1 saturated heterocycles. The van der Waals surface area contributed by atoms with Crippen molar-refractivity contribution in [3.63, 3.8) is 0 Å². The molecule has 3 rings (SSSR count). The normalized spacial score (nSPS) is 16.6. The van der Waals surface area contributed by atoms with Crippen molar-refractivity contribution in [2.24, 2.45) is 11.3 Å². The Bertz CT molecular complexity index is 767. The first-order valence-corrected chi connectivity index (χ1v) is 9.92. The van der Waals surface area contributed by atoms with Crippen LogP contribution in [0.25, 0.3) is 11.0 Å². The lowest BCUT2D eigenvalue weighted by molar-refractivity contribution is -0.130. The number of imidazole rings is 1. The molecule has 1 aromatic heterocycles. The van der Waals surface area contributed by atoms with E-state index >= 15 is 0 Å². The molecule has 0 radical (unpaired) electrons. The van der Waals surface area contributed by atoms with E-state index < -0.39 is 0 Å². The van der Waals surface area contributed by atoms with Crippen LogP contribution in [0.4, 0.5) is 0 Å². The number of nitrogens with zero attached hydrogens (tertiary/aromatic N) is 3. The summed E-state index contributed by atoms with van der Waals surface area (Å²) in [5.74, 6) is 1.98. The minimum absolute atomic E-state index is 0.199. The van der Waals surface area contributed by atoms with E-state index in [-0.39, 0.29) is 11.3 Å². The van der Waals surface area contributed by atoms with E-state index in [9.17, 15) is 4.79 Å². The van der Waals surface area contributed by atoms with Gasteiger partial charge in [0.2, 0.25) is 5.91 Å². The lowest BCUT2D eigenvalue weighted by Crippen LogP contribution is -2.38. The van der Waals surface area contributed by atoms with Gasteiger partial charge in [0.05, 0.1) is 11.0 Å². The fraction of sp³-hybridized carbons (Fsp3) is 0.600. The van der Waals surface area contributed by atoms with Gasteiger partial charge < -0.3 is 9.47 Å². The third-order valence-corrected chi connectivity index (χ3v) is 5.47. The Morgan fingerprint density at radius 2 is 1.96 bits per heavy atom. The topological polar surface area (TPSA) is 38.1 Å². The van der Waals surface area contributed by atoms with Crippen LogP contribution in [-0.2, 0) is 17.8 Å². The molecule has 4 nitrogen and oxygen atoms in total. The van der Waals surface area contributed by atoms with Gasteiger partial charge >= 0.3 is 0 Å². The predicted molar refractivity (Wildman–Crippen MR) is 106 cm³/mol. The van der Waals surface area contributed by atoms with Gasteiger partial charge in [-0.25, -0.2) is 4.98 Å². The summed E-state index contributed by atoms with van der Waals surface area (Å²) in [6.45, 7) is 11.2. The third kappa shape index (κ3) is 4.43. The molecule has 136 valence electrons. The standard InChI is InChI=1S/C20H28BrN3O/c1-14(25)23-9-7-15(8-10-23)13-24-18-6-5-16(21)11-17(18)22-19(24)12-20(2,3)4/h5-6,11,15H,7-10,12-13H2,1-4H3.